The van der Waals surface area contributed by atoms with Crippen molar-refractivity contribution >= 4 is 16.7 Å². The number of hydrogen-bond acceptors (Lipinski definition) is 3. The van der Waals surface area contributed by atoms with Gasteiger partial charge in [0.05, 0.1) is 0 Å². The van der Waals surface area contributed by atoms with Crippen LogP contribution in [0.5, 0.6) is 5.75 Å². The highest BCUT2D eigenvalue weighted by molar-refractivity contribution is 5.91. The van der Waals surface area contributed by atoms with Crippen LogP contribution in [0.3, 0.4) is 0 Å². The highest BCUT2D eigenvalue weighted by Gasteiger charge is 2.11. The maximum Gasteiger partial charge on any atom is 0.287 e. The molecule has 3 rings (SSSR count). The van der Waals surface area contributed by atoms with Crippen LogP contribution in [-0.2, 0) is 6.61 Å². The summed E-state index contributed by atoms with van der Waals surface area (Å²) in [4.78, 5) is 11.9. The van der Waals surface area contributed by atoms with E-state index in [0.29, 0.717) is 24.0 Å². The minimum absolute atomic E-state index is 0.194. The Bertz CT molecular complexity index is 836. The molecule has 1 amide bonds. The molecule has 0 aliphatic rings. The first kappa shape index (κ1) is 16.1. The lowest BCUT2D eigenvalue weighted by atomic mass is 10.1. The molecular weight excluding hydrogens is 302 g/mol. The molecular formula is C20H21NO3. The van der Waals surface area contributed by atoms with E-state index in [4.69, 9.17) is 9.15 Å². The zero-order valence-corrected chi connectivity index (χ0v) is 13.9. The summed E-state index contributed by atoms with van der Waals surface area (Å²) in [6.45, 7) is 5.01. The van der Waals surface area contributed by atoms with Crippen LogP contribution in [0.15, 0.2) is 59.0 Å². The number of benzene rings is 2. The maximum absolute atomic E-state index is 11.9. The SMILES string of the molecule is CC(C)CNC(=O)c1ccc(COc2ccc3ccccc3c2)o1. The van der Waals surface area contributed by atoms with Crippen LogP contribution in [-0.4, -0.2) is 12.5 Å². The van der Waals surface area contributed by atoms with E-state index in [-0.39, 0.29) is 12.5 Å². The fraction of sp³-hybridized carbons (Fsp3) is 0.250. The summed E-state index contributed by atoms with van der Waals surface area (Å²) in [7, 11) is 0. The van der Waals surface area contributed by atoms with E-state index in [0.717, 1.165) is 11.1 Å². The summed E-state index contributed by atoms with van der Waals surface area (Å²) in [5.41, 5.74) is 0. The van der Waals surface area contributed by atoms with Crippen LogP contribution in [0, 0.1) is 5.92 Å². The number of rotatable bonds is 6. The molecule has 0 aliphatic carbocycles. The second-order valence-corrected chi connectivity index (χ2v) is 6.17. The van der Waals surface area contributed by atoms with Gasteiger partial charge in [-0.05, 0) is 41.0 Å². The van der Waals surface area contributed by atoms with Gasteiger partial charge in [-0.1, -0.05) is 44.2 Å². The van der Waals surface area contributed by atoms with Gasteiger partial charge in [0.15, 0.2) is 5.76 Å². The quantitative estimate of drug-likeness (QED) is 0.731. The fourth-order valence-corrected chi connectivity index (χ4v) is 2.37. The third kappa shape index (κ3) is 3.96. The molecule has 0 unspecified atom stereocenters. The summed E-state index contributed by atoms with van der Waals surface area (Å²) in [6, 6.07) is 17.5. The van der Waals surface area contributed by atoms with Crippen molar-refractivity contribution < 1.29 is 13.9 Å². The predicted octanol–water partition coefficient (Wildman–Crippen LogP) is 4.40. The van der Waals surface area contributed by atoms with Gasteiger partial charge in [-0.2, -0.15) is 0 Å². The first-order valence-electron chi connectivity index (χ1n) is 8.10. The molecule has 1 heterocycles. The van der Waals surface area contributed by atoms with Crippen molar-refractivity contribution in [1.82, 2.24) is 5.32 Å². The lowest BCUT2D eigenvalue weighted by Crippen LogP contribution is -2.26. The fourth-order valence-electron chi connectivity index (χ4n) is 2.37. The van der Waals surface area contributed by atoms with Crippen molar-refractivity contribution in [3.63, 3.8) is 0 Å². The summed E-state index contributed by atoms with van der Waals surface area (Å²) in [6.07, 6.45) is 0. The third-order valence-electron chi connectivity index (χ3n) is 3.66. The lowest BCUT2D eigenvalue weighted by molar-refractivity contribution is 0.0917. The first-order chi connectivity index (χ1) is 11.6. The molecule has 0 bridgehead atoms. The van der Waals surface area contributed by atoms with Crippen LogP contribution in [0.1, 0.15) is 30.2 Å². The number of nitrogens with one attached hydrogen (secondary N) is 1. The number of carbonyl (C=O) groups excluding carboxylic acids is 1. The lowest BCUT2D eigenvalue weighted by Gasteiger charge is -2.06. The standard InChI is InChI=1S/C20H21NO3/c1-14(2)12-21-20(22)19-10-9-18(24-19)13-23-17-8-7-15-5-3-4-6-16(15)11-17/h3-11,14H,12-13H2,1-2H3,(H,21,22). The van der Waals surface area contributed by atoms with E-state index >= 15 is 0 Å². The van der Waals surface area contributed by atoms with E-state index < -0.39 is 0 Å². The zero-order chi connectivity index (χ0) is 16.9. The molecule has 1 aromatic heterocycles. The maximum atomic E-state index is 11.9. The Morgan fingerprint density at radius 1 is 1.08 bits per heavy atom. The van der Waals surface area contributed by atoms with Crippen molar-refractivity contribution in [2.45, 2.75) is 20.5 Å². The molecule has 1 N–H and O–H groups in total. The van der Waals surface area contributed by atoms with Gasteiger partial charge >= 0.3 is 0 Å². The molecule has 0 aliphatic heterocycles. The van der Waals surface area contributed by atoms with Crippen molar-refractivity contribution in [2.24, 2.45) is 5.92 Å². The Hall–Kier alpha value is -2.75. The number of amides is 1. The average Bonchev–Trinajstić information content (AvgIpc) is 3.06. The molecule has 4 heteroatoms. The van der Waals surface area contributed by atoms with Crippen molar-refractivity contribution in [3.05, 3.63) is 66.1 Å². The summed E-state index contributed by atoms with van der Waals surface area (Å²) < 4.78 is 11.3. The van der Waals surface area contributed by atoms with Gasteiger partial charge in [0, 0.05) is 6.54 Å². The van der Waals surface area contributed by atoms with E-state index in [1.807, 2.05) is 50.2 Å². The molecule has 3 aromatic rings. The number of carbonyl (C=O) groups is 1. The predicted molar refractivity (Wildman–Crippen MR) is 94.2 cm³/mol. The Labute approximate surface area is 141 Å². The van der Waals surface area contributed by atoms with E-state index in [1.165, 1.54) is 5.39 Å². The Morgan fingerprint density at radius 2 is 1.88 bits per heavy atom. The monoisotopic (exact) mass is 323 g/mol. The Balaban J connectivity index is 1.61. The van der Waals surface area contributed by atoms with Crippen molar-refractivity contribution in [1.29, 1.82) is 0 Å². The van der Waals surface area contributed by atoms with Crippen LogP contribution in [0.2, 0.25) is 0 Å². The summed E-state index contributed by atoms with van der Waals surface area (Å²) >= 11 is 0. The minimum atomic E-state index is -0.194. The second-order valence-electron chi connectivity index (χ2n) is 6.17. The Morgan fingerprint density at radius 3 is 2.67 bits per heavy atom. The molecule has 0 atom stereocenters. The van der Waals surface area contributed by atoms with Gasteiger partial charge < -0.3 is 14.5 Å². The molecule has 0 fully saturated rings. The molecule has 0 radical (unpaired) electrons. The van der Waals surface area contributed by atoms with Gasteiger partial charge in [-0.3, -0.25) is 4.79 Å². The molecule has 0 spiro atoms. The number of ether oxygens (including phenoxy) is 1. The Kier molecular flexibility index (Phi) is 4.85. The third-order valence-corrected chi connectivity index (χ3v) is 3.66. The highest BCUT2D eigenvalue weighted by atomic mass is 16.5. The molecule has 0 saturated heterocycles. The molecule has 0 saturated carbocycles. The van der Waals surface area contributed by atoms with Crippen molar-refractivity contribution in [3.8, 4) is 5.75 Å². The smallest absolute Gasteiger partial charge is 0.287 e. The molecule has 124 valence electrons. The van der Waals surface area contributed by atoms with Crippen LogP contribution in [0.25, 0.3) is 10.8 Å². The van der Waals surface area contributed by atoms with Gasteiger partial charge in [0.2, 0.25) is 0 Å². The summed E-state index contributed by atoms with van der Waals surface area (Å²) in [5, 5.41) is 5.13. The normalized spacial score (nSPS) is 11.0. The molecule has 2 aromatic carbocycles. The number of furan rings is 1. The van der Waals surface area contributed by atoms with Gasteiger partial charge in [-0.15, -0.1) is 0 Å². The van der Waals surface area contributed by atoms with Gasteiger partial charge in [0.1, 0.15) is 18.1 Å². The van der Waals surface area contributed by atoms with Crippen LogP contribution >= 0.6 is 0 Å². The number of fused-ring (bicyclic) bond motifs is 1. The van der Waals surface area contributed by atoms with E-state index in [9.17, 15) is 4.79 Å². The van der Waals surface area contributed by atoms with Crippen molar-refractivity contribution in [2.75, 3.05) is 6.54 Å². The van der Waals surface area contributed by atoms with E-state index in [2.05, 4.69) is 11.4 Å². The van der Waals surface area contributed by atoms with Crippen LogP contribution < -0.4 is 10.1 Å². The van der Waals surface area contributed by atoms with Gasteiger partial charge in [-0.25, -0.2) is 0 Å². The molecule has 4 nitrogen and oxygen atoms in total. The molecule has 24 heavy (non-hydrogen) atoms. The van der Waals surface area contributed by atoms with Gasteiger partial charge in [0.25, 0.3) is 5.91 Å². The number of hydrogen-bond donors (Lipinski definition) is 1. The average molecular weight is 323 g/mol. The first-order valence-corrected chi connectivity index (χ1v) is 8.10. The van der Waals surface area contributed by atoms with Crippen LogP contribution in [0.4, 0.5) is 0 Å². The second kappa shape index (κ2) is 7.21. The zero-order valence-electron chi connectivity index (χ0n) is 13.9. The largest absolute Gasteiger partial charge is 0.486 e. The summed E-state index contributed by atoms with van der Waals surface area (Å²) in [5.74, 6) is 1.92. The topological polar surface area (TPSA) is 51.5 Å². The minimum Gasteiger partial charge on any atom is -0.486 e. The van der Waals surface area contributed by atoms with E-state index in [1.54, 1.807) is 12.1 Å². The highest BCUT2D eigenvalue weighted by Crippen LogP contribution is 2.21.